The first kappa shape index (κ1) is 30.0. The molecule has 2 heterocycles. The predicted octanol–water partition coefficient (Wildman–Crippen LogP) is 6.30. The highest BCUT2D eigenvalue weighted by atomic mass is 19.1. The molecule has 0 spiro atoms. The normalized spacial score (nSPS) is 24.8. The average molecular weight is 542 g/mol. The molecular weight excluding hydrogens is 489 g/mol. The molecule has 39 heavy (non-hydrogen) atoms. The fourth-order valence-electron chi connectivity index (χ4n) is 7.85. The third-order valence-electron chi connectivity index (χ3n) is 9.86. The van der Waals surface area contributed by atoms with Crippen LogP contribution in [0.1, 0.15) is 104 Å². The fourth-order valence-corrected chi connectivity index (χ4v) is 7.85. The minimum Gasteiger partial charge on any atom is -0.351 e. The summed E-state index contributed by atoms with van der Waals surface area (Å²) in [7, 11) is 0. The maximum atomic E-state index is 15.1. The van der Waals surface area contributed by atoms with Crippen molar-refractivity contribution in [3.63, 3.8) is 0 Å². The van der Waals surface area contributed by atoms with Crippen molar-refractivity contribution in [3.8, 4) is 0 Å². The molecule has 1 saturated carbocycles. The molecule has 0 radical (unpaired) electrons. The van der Waals surface area contributed by atoms with Crippen molar-refractivity contribution in [2.75, 3.05) is 26.2 Å². The van der Waals surface area contributed by atoms with Crippen LogP contribution in [0.3, 0.4) is 0 Å². The highest BCUT2D eigenvalue weighted by molar-refractivity contribution is 5.81. The number of hydrogen-bond acceptors (Lipinski definition) is 3. The number of carbonyl (C=O) groups excluding carboxylic acids is 2. The van der Waals surface area contributed by atoms with E-state index >= 15 is 4.39 Å². The van der Waals surface area contributed by atoms with Crippen LogP contribution in [0.25, 0.3) is 0 Å². The minimum atomic E-state index is -0.225. The molecule has 2 aliphatic heterocycles. The number of benzene rings is 1. The molecule has 1 N–H and O–H groups in total. The van der Waals surface area contributed by atoms with Gasteiger partial charge in [-0.1, -0.05) is 37.8 Å². The fraction of sp³-hybridized carbons (Fsp3) is 0.758. The van der Waals surface area contributed by atoms with Crippen LogP contribution in [0.2, 0.25) is 0 Å². The second-order valence-electron chi connectivity index (χ2n) is 14.5. The van der Waals surface area contributed by atoms with Gasteiger partial charge < -0.3 is 10.2 Å². The maximum absolute atomic E-state index is 15.1. The van der Waals surface area contributed by atoms with Gasteiger partial charge >= 0.3 is 0 Å². The highest BCUT2D eigenvalue weighted by Gasteiger charge is 2.45. The lowest BCUT2D eigenvalue weighted by Gasteiger charge is -2.42. The molecule has 1 aromatic rings. The molecule has 6 heteroatoms. The Labute approximate surface area is 236 Å². The summed E-state index contributed by atoms with van der Waals surface area (Å²) in [6.07, 6.45) is 8.21. The second kappa shape index (κ2) is 11.9. The van der Waals surface area contributed by atoms with Crippen molar-refractivity contribution in [3.05, 3.63) is 35.1 Å². The second-order valence-corrected chi connectivity index (χ2v) is 14.5. The third-order valence-corrected chi connectivity index (χ3v) is 9.86. The molecule has 1 aliphatic carbocycles. The van der Waals surface area contributed by atoms with Crippen molar-refractivity contribution in [2.24, 2.45) is 23.7 Å². The van der Waals surface area contributed by atoms with Gasteiger partial charge in [0, 0.05) is 50.1 Å². The number of aryl methyl sites for hydroxylation is 1. The quantitative estimate of drug-likeness (QED) is 0.441. The van der Waals surface area contributed by atoms with Gasteiger partial charge in [-0.05, 0) is 95.8 Å². The van der Waals surface area contributed by atoms with E-state index in [9.17, 15) is 9.59 Å². The lowest BCUT2D eigenvalue weighted by Crippen LogP contribution is -2.48. The first-order valence-corrected chi connectivity index (χ1v) is 15.3. The molecule has 5 nitrogen and oxygen atoms in total. The van der Waals surface area contributed by atoms with E-state index in [1.54, 1.807) is 13.0 Å². The topological polar surface area (TPSA) is 52.7 Å². The van der Waals surface area contributed by atoms with Crippen LogP contribution in [0.4, 0.5) is 4.39 Å². The molecule has 0 aromatic heterocycles. The van der Waals surface area contributed by atoms with Gasteiger partial charge in [-0.3, -0.25) is 14.5 Å². The SMILES string of the molecule is CC(=O)NC(C)(C)CC(C1CCCC1)C1CCN(C(=O)[C@@H]2CN(C(C)(C)C)C[C@H]2c2ccc(C)cc2F)CC1. The standard InChI is InChI=1S/C33H52FN3O2/c1-22-12-13-26(30(34)18-22)28-20-37(32(3,4)5)21-29(28)31(39)36-16-14-25(15-17-36)27(24-10-8-9-11-24)19-33(6,7)35-23(2)38/h12-13,18,24-25,27-29H,8-11,14-17,19-21H2,1-7H3,(H,35,38)/t27?,28-,29+/m0/s1. The highest BCUT2D eigenvalue weighted by Crippen LogP contribution is 2.44. The van der Waals surface area contributed by atoms with Crippen LogP contribution >= 0.6 is 0 Å². The molecule has 3 aliphatic rings. The minimum absolute atomic E-state index is 0.0334. The van der Waals surface area contributed by atoms with Crippen molar-refractivity contribution < 1.29 is 14.0 Å². The van der Waals surface area contributed by atoms with Crippen LogP contribution < -0.4 is 5.32 Å². The molecule has 218 valence electrons. The van der Waals surface area contributed by atoms with Crippen LogP contribution in [0, 0.1) is 36.4 Å². The van der Waals surface area contributed by atoms with Crippen molar-refractivity contribution in [1.82, 2.24) is 15.1 Å². The van der Waals surface area contributed by atoms with E-state index in [2.05, 4.69) is 49.7 Å². The first-order valence-electron chi connectivity index (χ1n) is 15.3. The number of carbonyl (C=O) groups is 2. The van der Waals surface area contributed by atoms with E-state index in [1.807, 2.05) is 19.1 Å². The number of halogens is 1. The van der Waals surface area contributed by atoms with Gasteiger partial charge in [-0.2, -0.15) is 0 Å². The summed E-state index contributed by atoms with van der Waals surface area (Å²) in [4.78, 5) is 30.3. The molecule has 4 rings (SSSR count). The summed E-state index contributed by atoms with van der Waals surface area (Å²) in [6, 6.07) is 5.47. The van der Waals surface area contributed by atoms with Crippen LogP contribution in [0.5, 0.6) is 0 Å². The maximum Gasteiger partial charge on any atom is 0.227 e. The Morgan fingerprint density at radius 1 is 1.00 bits per heavy atom. The Bertz CT molecular complexity index is 1020. The molecule has 3 fully saturated rings. The summed E-state index contributed by atoms with van der Waals surface area (Å²) in [5.41, 5.74) is 1.29. The Morgan fingerprint density at radius 3 is 2.18 bits per heavy atom. The zero-order chi connectivity index (χ0) is 28.5. The van der Waals surface area contributed by atoms with Crippen molar-refractivity contribution in [2.45, 2.75) is 110 Å². The van der Waals surface area contributed by atoms with Gasteiger partial charge in [0.1, 0.15) is 5.82 Å². The Hall–Kier alpha value is -1.95. The lowest BCUT2D eigenvalue weighted by molar-refractivity contribution is -0.137. The lowest BCUT2D eigenvalue weighted by atomic mass is 9.70. The largest absolute Gasteiger partial charge is 0.351 e. The van der Waals surface area contributed by atoms with Crippen LogP contribution in [0.15, 0.2) is 18.2 Å². The van der Waals surface area contributed by atoms with E-state index in [0.29, 0.717) is 36.4 Å². The molecule has 2 saturated heterocycles. The average Bonchev–Trinajstić information content (AvgIpc) is 3.52. The number of hydrogen-bond donors (Lipinski definition) is 1. The monoisotopic (exact) mass is 541 g/mol. The first-order chi connectivity index (χ1) is 18.2. The number of nitrogens with one attached hydrogen (secondary N) is 1. The van der Waals surface area contributed by atoms with Gasteiger partial charge in [-0.25, -0.2) is 4.39 Å². The Morgan fingerprint density at radius 2 is 1.62 bits per heavy atom. The van der Waals surface area contributed by atoms with Crippen LogP contribution in [-0.2, 0) is 9.59 Å². The third kappa shape index (κ3) is 7.23. The van der Waals surface area contributed by atoms with Gasteiger partial charge in [0.15, 0.2) is 0 Å². The molecule has 1 unspecified atom stereocenters. The van der Waals surface area contributed by atoms with E-state index in [0.717, 1.165) is 37.9 Å². The zero-order valence-corrected chi connectivity index (χ0v) is 25.5. The van der Waals surface area contributed by atoms with E-state index < -0.39 is 0 Å². The molecule has 0 bridgehead atoms. The molecular formula is C33H52FN3O2. The summed E-state index contributed by atoms with van der Waals surface area (Å²) >= 11 is 0. The smallest absolute Gasteiger partial charge is 0.227 e. The van der Waals surface area contributed by atoms with Gasteiger partial charge in [0.2, 0.25) is 11.8 Å². The van der Waals surface area contributed by atoms with E-state index in [-0.39, 0.29) is 40.5 Å². The summed E-state index contributed by atoms with van der Waals surface area (Å²) < 4.78 is 15.1. The zero-order valence-electron chi connectivity index (χ0n) is 25.5. The molecule has 3 atom stereocenters. The number of piperidine rings is 1. The van der Waals surface area contributed by atoms with Crippen LogP contribution in [-0.4, -0.2) is 58.9 Å². The van der Waals surface area contributed by atoms with E-state index in [1.165, 1.54) is 25.7 Å². The van der Waals surface area contributed by atoms with E-state index in [4.69, 9.17) is 0 Å². The molecule has 1 aromatic carbocycles. The summed E-state index contributed by atoms with van der Waals surface area (Å²) in [5.74, 6) is 1.56. The van der Waals surface area contributed by atoms with Crippen molar-refractivity contribution in [1.29, 1.82) is 0 Å². The summed E-state index contributed by atoms with van der Waals surface area (Å²) in [6.45, 7) is 17.3. The number of amides is 2. The number of rotatable bonds is 7. The van der Waals surface area contributed by atoms with Gasteiger partial charge in [-0.15, -0.1) is 0 Å². The van der Waals surface area contributed by atoms with Gasteiger partial charge in [0.25, 0.3) is 0 Å². The predicted molar refractivity (Wildman–Crippen MR) is 156 cm³/mol. The van der Waals surface area contributed by atoms with Gasteiger partial charge in [0.05, 0.1) is 5.92 Å². The molecule has 2 amide bonds. The number of nitrogens with zero attached hydrogens (tertiary/aromatic N) is 2. The number of likely N-dealkylation sites (tertiary alicyclic amines) is 2. The summed E-state index contributed by atoms with van der Waals surface area (Å²) in [5, 5.41) is 3.18. The van der Waals surface area contributed by atoms with Crippen molar-refractivity contribution >= 4 is 11.8 Å². The Balaban J connectivity index is 1.47. The Kier molecular flexibility index (Phi) is 9.15.